The Bertz CT molecular complexity index is 618. The fraction of sp³-hybridized carbons (Fsp3) is 0.375. The van der Waals surface area contributed by atoms with Crippen LogP contribution in [0.2, 0.25) is 0 Å². The molecule has 0 saturated carbocycles. The highest BCUT2D eigenvalue weighted by molar-refractivity contribution is 9.10. The number of methoxy groups -OCH3 is 1. The first-order valence-electron chi connectivity index (χ1n) is 6.89. The molecule has 0 aliphatic heterocycles. The molecule has 1 aromatic heterocycles. The van der Waals surface area contributed by atoms with Gasteiger partial charge in [-0.2, -0.15) is 5.10 Å². The lowest BCUT2D eigenvalue weighted by atomic mass is 10.00. The maximum atomic E-state index is 12.7. The molecule has 0 unspecified atom stereocenters. The maximum Gasteiger partial charge on any atom is 0.212 e. The topological polar surface area (TPSA) is 44.1 Å². The second-order valence-electron chi connectivity index (χ2n) is 5.16. The van der Waals surface area contributed by atoms with Crippen molar-refractivity contribution < 1.29 is 9.53 Å². The van der Waals surface area contributed by atoms with Crippen LogP contribution in [0.5, 0.6) is 0 Å². The number of ether oxygens (including phenoxy) is 1. The molecule has 0 radical (unpaired) electrons. The normalized spacial score (nSPS) is 11.1. The summed E-state index contributed by atoms with van der Waals surface area (Å²) in [5.41, 5.74) is 2.45. The van der Waals surface area contributed by atoms with Crippen LogP contribution in [0.3, 0.4) is 0 Å². The van der Waals surface area contributed by atoms with Crippen molar-refractivity contribution in [1.82, 2.24) is 9.78 Å². The van der Waals surface area contributed by atoms with Gasteiger partial charge in [-0.05, 0) is 27.4 Å². The van der Waals surface area contributed by atoms with E-state index in [4.69, 9.17) is 4.74 Å². The van der Waals surface area contributed by atoms with Crippen molar-refractivity contribution in [2.75, 3.05) is 13.7 Å². The van der Waals surface area contributed by atoms with E-state index < -0.39 is 0 Å². The first-order valence-corrected chi connectivity index (χ1v) is 7.68. The molecule has 0 atom stereocenters. The minimum absolute atomic E-state index is 0.0363. The summed E-state index contributed by atoms with van der Waals surface area (Å²) in [5.74, 6) is 0.416. The molecule has 0 saturated heterocycles. The largest absolute Gasteiger partial charge is 0.383 e. The Morgan fingerprint density at radius 1 is 1.33 bits per heavy atom. The molecule has 0 fully saturated rings. The maximum absolute atomic E-state index is 12.7. The SMILES string of the molecule is COCCn1ncc(Br)c1C(=O)c1ccc(C(C)C)cc1. The second kappa shape index (κ2) is 7.00. The molecule has 0 spiro atoms. The Morgan fingerprint density at radius 2 is 2.00 bits per heavy atom. The third-order valence-electron chi connectivity index (χ3n) is 3.36. The molecule has 1 heterocycles. The summed E-state index contributed by atoms with van der Waals surface area (Å²) in [6.07, 6.45) is 1.64. The highest BCUT2D eigenvalue weighted by atomic mass is 79.9. The van der Waals surface area contributed by atoms with Crippen LogP contribution in [0.15, 0.2) is 34.9 Å². The Morgan fingerprint density at radius 3 is 2.57 bits per heavy atom. The molecule has 5 heteroatoms. The van der Waals surface area contributed by atoms with E-state index in [1.165, 1.54) is 5.56 Å². The van der Waals surface area contributed by atoms with Crippen molar-refractivity contribution in [1.29, 1.82) is 0 Å². The summed E-state index contributed by atoms with van der Waals surface area (Å²) < 4.78 is 7.43. The Balaban J connectivity index is 2.29. The fourth-order valence-electron chi connectivity index (χ4n) is 2.09. The molecule has 1 aromatic carbocycles. The molecule has 0 aliphatic carbocycles. The van der Waals surface area contributed by atoms with Crippen LogP contribution in [0, 0.1) is 0 Å². The van der Waals surface area contributed by atoms with Crippen LogP contribution in [0.25, 0.3) is 0 Å². The smallest absolute Gasteiger partial charge is 0.212 e. The molecule has 21 heavy (non-hydrogen) atoms. The van der Waals surface area contributed by atoms with Gasteiger partial charge in [0.15, 0.2) is 0 Å². The minimum Gasteiger partial charge on any atom is -0.383 e. The van der Waals surface area contributed by atoms with E-state index in [0.29, 0.717) is 34.8 Å². The first kappa shape index (κ1) is 15.9. The zero-order valence-electron chi connectivity index (χ0n) is 12.5. The molecule has 0 bridgehead atoms. The third-order valence-corrected chi connectivity index (χ3v) is 3.94. The highest BCUT2D eigenvalue weighted by Gasteiger charge is 2.18. The third kappa shape index (κ3) is 3.60. The van der Waals surface area contributed by atoms with Crippen molar-refractivity contribution in [3.8, 4) is 0 Å². The van der Waals surface area contributed by atoms with Crippen LogP contribution in [-0.4, -0.2) is 29.3 Å². The van der Waals surface area contributed by atoms with E-state index in [2.05, 4.69) is 34.9 Å². The standard InChI is InChI=1S/C16H19BrN2O2/c1-11(2)12-4-6-13(7-5-12)16(20)15-14(17)10-18-19(15)8-9-21-3/h4-7,10-11H,8-9H2,1-3H3. The number of rotatable bonds is 6. The highest BCUT2D eigenvalue weighted by Crippen LogP contribution is 2.21. The van der Waals surface area contributed by atoms with Gasteiger partial charge in [-0.1, -0.05) is 38.1 Å². The number of aromatic nitrogens is 2. The average molecular weight is 351 g/mol. The lowest BCUT2D eigenvalue weighted by Gasteiger charge is -2.09. The van der Waals surface area contributed by atoms with E-state index in [1.807, 2.05) is 24.3 Å². The molecule has 0 aliphatic rings. The van der Waals surface area contributed by atoms with Gasteiger partial charge < -0.3 is 4.74 Å². The molecule has 4 nitrogen and oxygen atoms in total. The number of benzene rings is 1. The predicted molar refractivity (Wildman–Crippen MR) is 85.8 cm³/mol. The van der Waals surface area contributed by atoms with Crippen molar-refractivity contribution in [2.45, 2.75) is 26.3 Å². The monoisotopic (exact) mass is 350 g/mol. The zero-order chi connectivity index (χ0) is 15.4. The van der Waals surface area contributed by atoms with Crippen molar-refractivity contribution in [3.05, 3.63) is 51.8 Å². The summed E-state index contributed by atoms with van der Waals surface area (Å²) >= 11 is 3.40. The van der Waals surface area contributed by atoms with E-state index in [-0.39, 0.29) is 5.78 Å². The molecular formula is C16H19BrN2O2. The Labute approximate surface area is 133 Å². The van der Waals surface area contributed by atoms with E-state index in [1.54, 1.807) is 18.0 Å². The van der Waals surface area contributed by atoms with Gasteiger partial charge in [0.1, 0.15) is 5.69 Å². The van der Waals surface area contributed by atoms with Crippen LogP contribution < -0.4 is 0 Å². The van der Waals surface area contributed by atoms with Gasteiger partial charge in [0, 0.05) is 12.7 Å². The molecule has 2 aromatic rings. The summed E-state index contributed by atoms with van der Waals surface area (Å²) in [6.45, 7) is 5.33. The lowest BCUT2D eigenvalue weighted by Crippen LogP contribution is -2.14. The average Bonchev–Trinajstić information content (AvgIpc) is 2.85. The Hall–Kier alpha value is -1.46. The number of nitrogens with zero attached hydrogens (tertiary/aromatic N) is 2. The van der Waals surface area contributed by atoms with Crippen molar-refractivity contribution in [3.63, 3.8) is 0 Å². The summed E-state index contributed by atoms with van der Waals surface area (Å²) in [7, 11) is 1.63. The number of ketones is 1. The minimum atomic E-state index is -0.0363. The van der Waals surface area contributed by atoms with Gasteiger partial charge in [0.2, 0.25) is 5.78 Å². The summed E-state index contributed by atoms with van der Waals surface area (Å²) in [5, 5.41) is 4.21. The molecule has 0 N–H and O–H groups in total. The molecule has 0 amide bonds. The summed E-state index contributed by atoms with van der Waals surface area (Å²) in [6, 6.07) is 7.75. The number of hydrogen-bond donors (Lipinski definition) is 0. The molecule has 2 rings (SSSR count). The Kier molecular flexibility index (Phi) is 5.31. The van der Waals surface area contributed by atoms with Crippen LogP contribution in [-0.2, 0) is 11.3 Å². The number of halogens is 1. The van der Waals surface area contributed by atoms with Gasteiger partial charge in [0.05, 0.1) is 23.8 Å². The second-order valence-corrected chi connectivity index (χ2v) is 6.02. The number of carbonyl (C=O) groups is 1. The predicted octanol–water partition coefficient (Wildman–Crippen LogP) is 3.65. The zero-order valence-corrected chi connectivity index (χ0v) is 14.1. The van der Waals surface area contributed by atoms with E-state index in [0.717, 1.165) is 0 Å². The molecule has 112 valence electrons. The van der Waals surface area contributed by atoms with Gasteiger partial charge in [-0.3, -0.25) is 9.48 Å². The number of carbonyl (C=O) groups excluding carboxylic acids is 1. The lowest BCUT2D eigenvalue weighted by molar-refractivity contribution is 0.102. The van der Waals surface area contributed by atoms with Crippen LogP contribution in [0.4, 0.5) is 0 Å². The molecular weight excluding hydrogens is 332 g/mol. The van der Waals surface area contributed by atoms with Crippen LogP contribution in [0.1, 0.15) is 41.4 Å². The van der Waals surface area contributed by atoms with E-state index >= 15 is 0 Å². The first-order chi connectivity index (χ1) is 10.0. The van der Waals surface area contributed by atoms with Gasteiger partial charge >= 0.3 is 0 Å². The van der Waals surface area contributed by atoms with Crippen LogP contribution >= 0.6 is 15.9 Å². The van der Waals surface area contributed by atoms with E-state index in [9.17, 15) is 4.79 Å². The van der Waals surface area contributed by atoms with Gasteiger partial charge in [0.25, 0.3) is 0 Å². The van der Waals surface area contributed by atoms with Crippen molar-refractivity contribution in [2.24, 2.45) is 0 Å². The summed E-state index contributed by atoms with van der Waals surface area (Å²) in [4.78, 5) is 12.7. The van der Waals surface area contributed by atoms with Gasteiger partial charge in [-0.25, -0.2) is 0 Å². The quantitative estimate of drug-likeness (QED) is 0.747. The van der Waals surface area contributed by atoms with Gasteiger partial charge in [-0.15, -0.1) is 0 Å². The fourth-order valence-corrected chi connectivity index (χ4v) is 2.57. The van der Waals surface area contributed by atoms with Crippen molar-refractivity contribution >= 4 is 21.7 Å². The number of hydrogen-bond acceptors (Lipinski definition) is 3.